The Kier molecular flexibility index (Phi) is 2.97. The zero-order valence-corrected chi connectivity index (χ0v) is 10.7. The Morgan fingerprint density at radius 3 is 2.86 bits per heavy atom. The summed E-state index contributed by atoms with van der Waals surface area (Å²) >= 11 is 4.98. The van der Waals surface area contributed by atoms with Crippen molar-refractivity contribution in [3.8, 4) is 0 Å². The number of sulfonamides is 1. The van der Waals surface area contributed by atoms with E-state index in [1.807, 2.05) is 11.4 Å². The van der Waals surface area contributed by atoms with E-state index in [4.69, 9.17) is 0 Å². The van der Waals surface area contributed by atoms with Crippen molar-refractivity contribution < 1.29 is 8.42 Å². The van der Waals surface area contributed by atoms with E-state index in [9.17, 15) is 8.42 Å². The zero-order valence-electron chi connectivity index (χ0n) is 7.44. The van der Waals surface area contributed by atoms with Crippen molar-refractivity contribution in [1.82, 2.24) is 4.31 Å². The largest absolute Gasteiger partial charge is 0.214 e. The number of hydrogen-bond acceptors (Lipinski definition) is 3. The van der Waals surface area contributed by atoms with E-state index in [0.717, 1.165) is 15.8 Å². The Morgan fingerprint density at radius 2 is 2.36 bits per heavy atom. The van der Waals surface area contributed by atoms with Crippen LogP contribution in [-0.4, -0.2) is 25.0 Å². The lowest BCUT2D eigenvalue weighted by molar-refractivity contribution is 0.442. The summed E-state index contributed by atoms with van der Waals surface area (Å²) in [4.78, 5) is 1.08. The summed E-state index contributed by atoms with van der Waals surface area (Å²) in [5.41, 5.74) is 0. The summed E-state index contributed by atoms with van der Waals surface area (Å²) in [6, 6.07) is 1.95. The van der Waals surface area contributed by atoms with E-state index in [1.165, 1.54) is 0 Å². The molecule has 6 heteroatoms. The predicted octanol–water partition coefficient (Wildman–Crippen LogP) is 2.05. The van der Waals surface area contributed by atoms with Gasteiger partial charge < -0.3 is 0 Å². The van der Waals surface area contributed by atoms with Crippen LogP contribution >= 0.6 is 27.3 Å². The van der Waals surface area contributed by atoms with Crippen molar-refractivity contribution >= 4 is 37.3 Å². The van der Waals surface area contributed by atoms with E-state index < -0.39 is 10.0 Å². The fourth-order valence-electron chi connectivity index (χ4n) is 1.47. The third kappa shape index (κ3) is 2.03. The third-order valence-corrected chi connectivity index (χ3v) is 6.03. The van der Waals surface area contributed by atoms with Crippen molar-refractivity contribution in [1.29, 1.82) is 0 Å². The maximum Gasteiger partial charge on any atom is 0.214 e. The molecule has 1 aliphatic rings. The average molecular weight is 296 g/mol. The topological polar surface area (TPSA) is 37.4 Å². The molecule has 1 aromatic rings. The van der Waals surface area contributed by atoms with Gasteiger partial charge in [0.2, 0.25) is 10.0 Å². The van der Waals surface area contributed by atoms with Crippen LogP contribution < -0.4 is 0 Å². The molecule has 1 aromatic heterocycles. The lowest BCUT2D eigenvalue weighted by Gasteiger charge is -2.12. The molecule has 0 aliphatic carbocycles. The molecular weight excluding hydrogens is 286 g/mol. The summed E-state index contributed by atoms with van der Waals surface area (Å²) < 4.78 is 25.6. The van der Waals surface area contributed by atoms with Gasteiger partial charge in [0, 0.05) is 22.4 Å². The highest BCUT2D eigenvalue weighted by atomic mass is 79.9. The Bertz CT molecular complexity index is 426. The smallest absolute Gasteiger partial charge is 0.212 e. The number of rotatable bonds is 2. The van der Waals surface area contributed by atoms with E-state index in [2.05, 4.69) is 15.9 Å². The molecule has 14 heavy (non-hydrogen) atoms. The first-order chi connectivity index (χ1) is 6.59. The van der Waals surface area contributed by atoms with Crippen LogP contribution in [0, 0.1) is 0 Å². The first-order valence-corrected chi connectivity index (χ1v) is 7.57. The quantitative estimate of drug-likeness (QED) is 0.837. The van der Waals surface area contributed by atoms with E-state index >= 15 is 0 Å². The Hall–Kier alpha value is 0.0900. The maximum atomic E-state index is 11.5. The van der Waals surface area contributed by atoms with E-state index in [1.54, 1.807) is 15.6 Å². The van der Waals surface area contributed by atoms with Gasteiger partial charge in [-0.15, -0.1) is 11.3 Å². The molecule has 0 atom stereocenters. The molecule has 0 unspecified atom stereocenters. The lowest BCUT2D eigenvalue weighted by Crippen LogP contribution is -2.24. The van der Waals surface area contributed by atoms with Gasteiger partial charge in [-0.25, -0.2) is 8.42 Å². The number of thiophene rings is 1. The second kappa shape index (κ2) is 3.92. The number of nitrogens with zero attached hydrogens (tertiary/aromatic N) is 1. The van der Waals surface area contributed by atoms with Gasteiger partial charge in [-0.05, 0) is 33.8 Å². The van der Waals surface area contributed by atoms with Crippen LogP contribution in [0.25, 0.3) is 0 Å². The Labute approximate surface area is 95.9 Å². The van der Waals surface area contributed by atoms with E-state index in [0.29, 0.717) is 18.8 Å². The van der Waals surface area contributed by atoms with Gasteiger partial charge in [-0.3, -0.25) is 0 Å². The standard InChI is InChI=1S/C8H10BrNO2S2/c9-7-2-4-13-8(7)6-10-3-1-5-14(10,11)12/h2,4H,1,3,5-6H2. The van der Waals surface area contributed by atoms with Gasteiger partial charge in [-0.2, -0.15) is 4.31 Å². The molecule has 1 fully saturated rings. The van der Waals surface area contributed by atoms with Crippen LogP contribution in [0.4, 0.5) is 0 Å². The molecule has 0 radical (unpaired) electrons. The van der Waals surface area contributed by atoms with Crippen LogP contribution in [0.2, 0.25) is 0 Å². The number of halogens is 1. The molecule has 2 rings (SSSR count). The second-order valence-corrected chi connectivity index (χ2v) is 7.14. The molecule has 0 spiro atoms. The number of hydrogen-bond donors (Lipinski definition) is 0. The SMILES string of the molecule is O=S1(=O)CCCN1Cc1sccc1Br. The summed E-state index contributed by atoms with van der Waals surface area (Å²) in [7, 11) is -2.96. The molecular formula is C8H10BrNO2S2. The normalized spacial score (nSPS) is 21.5. The summed E-state index contributed by atoms with van der Waals surface area (Å²) in [6.07, 6.45) is 0.755. The molecule has 0 aromatic carbocycles. The fraction of sp³-hybridized carbons (Fsp3) is 0.500. The third-order valence-electron chi connectivity index (χ3n) is 2.21. The molecule has 0 N–H and O–H groups in total. The first-order valence-electron chi connectivity index (χ1n) is 4.29. The molecule has 3 nitrogen and oxygen atoms in total. The lowest BCUT2D eigenvalue weighted by atomic mass is 10.4. The summed E-state index contributed by atoms with van der Waals surface area (Å²) in [5.74, 6) is 0.302. The van der Waals surface area contributed by atoms with Crippen LogP contribution in [0.3, 0.4) is 0 Å². The zero-order chi connectivity index (χ0) is 10.2. The van der Waals surface area contributed by atoms with Gasteiger partial charge in [0.1, 0.15) is 0 Å². The van der Waals surface area contributed by atoms with Crippen molar-refractivity contribution in [2.75, 3.05) is 12.3 Å². The molecule has 1 saturated heterocycles. The monoisotopic (exact) mass is 295 g/mol. The Balaban J connectivity index is 2.16. The van der Waals surface area contributed by atoms with Crippen molar-refractivity contribution in [2.24, 2.45) is 0 Å². The fourth-order valence-corrected chi connectivity index (χ4v) is 4.53. The molecule has 78 valence electrons. The van der Waals surface area contributed by atoms with Crippen LogP contribution in [-0.2, 0) is 16.6 Å². The average Bonchev–Trinajstić information content (AvgIpc) is 2.62. The van der Waals surface area contributed by atoms with Crippen molar-refractivity contribution in [3.05, 3.63) is 20.8 Å². The molecule has 2 heterocycles. The minimum Gasteiger partial charge on any atom is -0.212 e. The minimum atomic E-state index is -2.96. The van der Waals surface area contributed by atoms with Gasteiger partial charge in [0.25, 0.3) is 0 Å². The summed E-state index contributed by atoms with van der Waals surface area (Å²) in [6.45, 7) is 1.17. The van der Waals surface area contributed by atoms with Gasteiger partial charge in [0.15, 0.2) is 0 Å². The molecule has 0 bridgehead atoms. The van der Waals surface area contributed by atoms with Crippen molar-refractivity contribution in [2.45, 2.75) is 13.0 Å². The van der Waals surface area contributed by atoms with Crippen molar-refractivity contribution in [3.63, 3.8) is 0 Å². The second-order valence-electron chi connectivity index (χ2n) is 3.19. The summed E-state index contributed by atoms with van der Waals surface area (Å²) in [5, 5.41) is 1.96. The van der Waals surface area contributed by atoms with Gasteiger partial charge in [-0.1, -0.05) is 0 Å². The predicted molar refractivity (Wildman–Crippen MR) is 60.8 cm³/mol. The molecule has 1 aliphatic heterocycles. The highest BCUT2D eigenvalue weighted by Gasteiger charge is 2.28. The highest BCUT2D eigenvalue weighted by molar-refractivity contribution is 9.10. The first kappa shape index (κ1) is 10.6. The van der Waals surface area contributed by atoms with Crippen LogP contribution in [0.5, 0.6) is 0 Å². The minimum absolute atomic E-state index is 0.302. The van der Waals surface area contributed by atoms with Gasteiger partial charge >= 0.3 is 0 Å². The maximum absolute atomic E-state index is 11.5. The molecule has 0 saturated carbocycles. The van der Waals surface area contributed by atoms with Crippen LogP contribution in [0.15, 0.2) is 15.9 Å². The van der Waals surface area contributed by atoms with Crippen LogP contribution in [0.1, 0.15) is 11.3 Å². The molecule has 0 amide bonds. The Morgan fingerprint density at radius 1 is 1.57 bits per heavy atom. The van der Waals surface area contributed by atoms with E-state index in [-0.39, 0.29) is 0 Å². The highest BCUT2D eigenvalue weighted by Crippen LogP contribution is 2.26. The van der Waals surface area contributed by atoms with Gasteiger partial charge in [0.05, 0.1) is 5.75 Å².